The van der Waals surface area contributed by atoms with Crippen molar-refractivity contribution >= 4 is 8.53 Å². The van der Waals surface area contributed by atoms with Gasteiger partial charge in [0.05, 0.1) is 53.1 Å². The summed E-state index contributed by atoms with van der Waals surface area (Å²) < 4.78 is 49.1. The Bertz CT molecular complexity index is 2070. The average molecular weight is 876 g/mol. The summed E-state index contributed by atoms with van der Waals surface area (Å²) in [7, 11) is 1.39. The van der Waals surface area contributed by atoms with E-state index in [0.717, 1.165) is 16.7 Å². The van der Waals surface area contributed by atoms with E-state index in [-0.39, 0.29) is 44.9 Å². The Kier molecular flexibility index (Phi) is 18.2. The smallest absolute Gasteiger partial charge is 0.330 e. The van der Waals surface area contributed by atoms with Gasteiger partial charge in [-0.2, -0.15) is 10.3 Å². The molecule has 1 fully saturated rings. The molecule has 1 aliphatic heterocycles. The second-order valence-electron chi connectivity index (χ2n) is 15.3. The van der Waals surface area contributed by atoms with Gasteiger partial charge in [-0.3, -0.25) is 19.2 Å². The van der Waals surface area contributed by atoms with Crippen LogP contribution in [0.5, 0.6) is 11.5 Å². The number of H-pyrrole nitrogens is 1. The van der Waals surface area contributed by atoms with Crippen LogP contribution < -0.4 is 20.7 Å². The molecule has 16 heteroatoms. The number of aryl methyl sites for hydroxylation is 1. The molecule has 0 aliphatic carbocycles. The maximum Gasteiger partial charge on any atom is 0.330 e. The van der Waals surface area contributed by atoms with Gasteiger partial charge in [-0.05, 0) is 75.6 Å². The number of aromatic nitrogens is 2. The second-order valence-corrected chi connectivity index (χ2v) is 16.7. The number of nitrogens with zero attached hydrogens (tertiary/aromatic N) is 4. The van der Waals surface area contributed by atoms with E-state index in [0.29, 0.717) is 30.2 Å². The Hall–Kier alpha value is -4.46. The van der Waals surface area contributed by atoms with E-state index in [1.807, 2.05) is 97.8 Å². The highest BCUT2D eigenvalue weighted by Crippen LogP contribution is 2.51. The number of rotatable bonds is 24. The summed E-state index contributed by atoms with van der Waals surface area (Å²) in [6.07, 6.45) is -2.20. The number of nitriles is 1. The van der Waals surface area contributed by atoms with E-state index in [1.54, 1.807) is 21.1 Å². The van der Waals surface area contributed by atoms with Crippen molar-refractivity contribution in [1.29, 1.82) is 5.26 Å². The number of nitrogens with one attached hydrogen (secondary N) is 1. The highest BCUT2D eigenvalue weighted by Gasteiger charge is 2.51. The molecule has 1 unspecified atom stereocenters. The molecular formula is C46H62N5O10P. The normalized spacial score (nSPS) is 18.5. The minimum atomic E-state index is -1.85. The van der Waals surface area contributed by atoms with Crippen LogP contribution in [0.2, 0.25) is 0 Å². The van der Waals surface area contributed by atoms with Gasteiger partial charge in [-0.15, -0.1) is 0 Å². The first-order valence-corrected chi connectivity index (χ1v) is 22.3. The first-order valence-electron chi connectivity index (χ1n) is 21.1. The SMILES string of the molecule is CCN(CC)OCCO[C@@H]1[C@H](OP(OCCC#N)N(C(C)C)C(C)C)[C@@H](COC(c2ccccc2)(c2ccc(OC)cc2)c2ccc(OC)cc2)O[C@H]1n1cc(C)c(=O)[nH]c1=O. The zero-order valence-corrected chi connectivity index (χ0v) is 38.2. The number of hydrogen-bond donors (Lipinski definition) is 1. The molecule has 62 heavy (non-hydrogen) atoms. The maximum absolute atomic E-state index is 13.7. The van der Waals surface area contributed by atoms with Gasteiger partial charge in [0.1, 0.15) is 35.4 Å². The van der Waals surface area contributed by atoms with Crippen molar-refractivity contribution in [3.05, 3.63) is 128 Å². The molecule has 5 atom stereocenters. The lowest BCUT2D eigenvalue weighted by Crippen LogP contribution is -2.44. The summed E-state index contributed by atoms with van der Waals surface area (Å²) in [5, 5.41) is 11.3. The molecule has 0 radical (unpaired) electrons. The molecular weight excluding hydrogens is 814 g/mol. The fraction of sp³-hybridized carbons (Fsp3) is 0.500. The number of ether oxygens (including phenoxy) is 5. The van der Waals surface area contributed by atoms with E-state index in [2.05, 4.69) is 43.4 Å². The van der Waals surface area contributed by atoms with Gasteiger partial charge in [0.15, 0.2) is 6.23 Å². The summed E-state index contributed by atoms with van der Waals surface area (Å²) in [6, 6.07) is 27.5. The first kappa shape index (κ1) is 48.6. The zero-order valence-electron chi connectivity index (χ0n) is 37.3. The summed E-state index contributed by atoms with van der Waals surface area (Å²) >= 11 is 0. The van der Waals surface area contributed by atoms with Crippen molar-refractivity contribution < 1.29 is 37.6 Å². The van der Waals surface area contributed by atoms with E-state index in [9.17, 15) is 14.9 Å². The van der Waals surface area contributed by atoms with E-state index >= 15 is 0 Å². The molecule has 1 N–H and O–H groups in total. The van der Waals surface area contributed by atoms with Gasteiger partial charge in [0.25, 0.3) is 14.1 Å². The van der Waals surface area contributed by atoms with Gasteiger partial charge in [0.2, 0.25) is 0 Å². The van der Waals surface area contributed by atoms with Crippen LogP contribution in [-0.4, -0.2) is 103 Å². The van der Waals surface area contributed by atoms with Crippen molar-refractivity contribution in [2.75, 3.05) is 53.7 Å². The molecule has 1 aliphatic rings. The Morgan fingerprint density at radius 1 is 0.839 bits per heavy atom. The molecule has 0 saturated carbocycles. The Labute approximate surface area is 366 Å². The number of benzene rings is 3. The molecule has 2 heterocycles. The van der Waals surface area contributed by atoms with Crippen molar-refractivity contribution in [2.45, 2.75) is 97.1 Å². The molecule has 336 valence electrons. The second kappa shape index (κ2) is 23.3. The number of methoxy groups -OCH3 is 2. The van der Waals surface area contributed by atoms with Crippen molar-refractivity contribution in [3.8, 4) is 17.6 Å². The molecule has 3 aromatic carbocycles. The van der Waals surface area contributed by atoms with Crippen molar-refractivity contribution in [2.24, 2.45) is 0 Å². The van der Waals surface area contributed by atoms with E-state index in [4.69, 9.17) is 37.6 Å². The molecule has 5 rings (SSSR count). The molecule has 0 bridgehead atoms. The zero-order chi connectivity index (χ0) is 44.8. The van der Waals surface area contributed by atoms with Crippen LogP contribution in [0.1, 0.15) is 76.4 Å². The van der Waals surface area contributed by atoms with E-state index < -0.39 is 49.9 Å². The van der Waals surface area contributed by atoms with Crippen LogP contribution in [0.15, 0.2) is 94.6 Å². The molecule has 1 aromatic heterocycles. The molecule has 1 saturated heterocycles. The Morgan fingerprint density at radius 3 is 1.95 bits per heavy atom. The lowest BCUT2D eigenvalue weighted by Gasteiger charge is -2.39. The molecule has 0 amide bonds. The number of hydroxylamine groups is 2. The summed E-state index contributed by atoms with van der Waals surface area (Å²) in [5.41, 5.74) is 0.362. The van der Waals surface area contributed by atoms with Crippen molar-refractivity contribution in [3.63, 3.8) is 0 Å². The predicted molar refractivity (Wildman–Crippen MR) is 237 cm³/mol. The van der Waals surface area contributed by atoms with Crippen LogP contribution in [0.25, 0.3) is 0 Å². The van der Waals surface area contributed by atoms with E-state index in [1.165, 1.54) is 10.8 Å². The third kappa shape index (κ3) is 11.6. The first-order chi connectivity index (χ1) is 29.9. The van der Waals surface area contributed by atoms with Gasteiger partial charge in [-0.1, -0.05) is 68.4 Å². The third-order valence-corrected chi connectivity index (χ3v) is 12.7. The Balaban J connectivity index is 1.68. The van der Waals surface area contributed by atoms with Crippen LogP contribution in [0.3, 0.4) is 0 Å². The van der Waals surface area contributed by atoms with Gasteiger partial charge in [0, 0.05) is 36.9 Å². The largest absolute Gasteiger partial charge is 0.497 e. The van der Waals surface area contributed by atoms with Crippen LogP contribution in [0.4, 0.5) is 0 Å². The minimum Gasteiger partial charge on any atom is -0.497 e. The Morgan fingerprint density at radius 2 is 1.42 bits per heavy atom. The fourth-order valence-corrected chi connectivity index (χ4v) is 9.35. The molecule has 4 aromatic rings. The van der Waals surface area contributed by atoms with Gasteiger partial charge in [-0.25, -0.2) is 9.46 Å². The minimum absolute atomic E-state index is 0.0156. The van der Waals surface area contributed by atoms with Crippen LogP contribution in [0, 0.1) is 18.3 Å². The maximum atomic E-state index is 13.7. The summed E-state index contributed by atoms with van der Waals surface area (Å²) in [6.45, 7) is 15.6. The van der Waals surface area contributed by atoms with Crippen LogP contribution in [-0.2, 0) is 33.7 Å². The van der Waals surface area contributed by atoms with Crippen LogP contribution >= 0.6 is 8.53 Å². The molecule has 0 spiro atoms. The average Bonchev–Trinajstić information content (AvgIpc) is 3.61. The quantitative estimate of drug-likeness (QED) is 0.0330. The fourth-order valence-electron chi connectivity index (χ4n) is 7.58. The molecule has 15 nitrogen and oxygen atoms in total. The van der Waals surface area contributed by atoms with Gasteiger partial charge >= 0.3 is 5.69 Å². The lowest BCUT2D eigenvalue weighted by atomic mass is 9.80. The summed E-state index contributed by atoms with van der Waals surface area (Å²) in [4.78, 5) is 34.8. The number of aromatic amines is 1. The topological polar surface area (TPSA) is 159 Å². The number of hydrogen-bond acceptors (Lipinski definition) is 13. The lowest BCUT2D eigenvalue weighted by molar-refractivity contribution is -0.174. The monoisotopic (exact) mass is 875 g/mol. The third-order valence-electron chi connectivity index (χ3n) is 10.6. The van der Waals surface area contributed by atoms with Crippen molar-refractivity contribution in [1.82, 2.24) is 19.3 Å². The van der Waals surface area contributed by atoms with Gasteiger partial charge < -0.3 is 32.7 Å². The highest BCUT2D eigenvalue weighted by molar-refractivity contribution is 7.44. The standard InChI is InChI=1S/C46H62N5O10P/c1-10-49(11-2)58-29-28-56-42-41(61-62(59-27-15-26-47)51(32(3)4)33(5)6)40(60-44(42)50-30-34(7)43(52)48-45(50)53)31-57-46(35-16-13-12-14-17-35,36-18-22-38(54-8)23-19-36)37-20-24-39(55-9)25-21-37/h12-14,16-25,30,32-33,40-42,44H,10-11,15,27-29,31H2,1-9H3,(H,48,52,53)/t40-,41-,42-,44-,62?/m1/s1. The summed E-state index contributed by atoms with van der Waals surface area (Å²) in [5.74, 6) is 1.36. The predicted octanol–water partition coefficient (Wildman–Crippen LogP) is 7.09. The highest BCUT2D eigenvalue weighted by atomic mass is 31.2.